The SMILES string of the molecule is COCCOC(=O)Nc1cccc(Cc2nn(-c3cc(Cl)cc(C#N)c3)ccc2=O)c1. The smallest absolute Gasteiger partial charge is 0.411 e. The Morgan fingerprint density at radius 2 is 2.06 bits per heavy atom. The number of hydrogen-bond acceptors (Lipinski definition) is 6. The fraction of sp³-hybridized carbons (Fsp3) is 0.182. The largest absolute Gasteiger partial charge is 0.447 e. The third kappa shape index (κ3) is 6.15. The van der Waals surface area contributed by atoms with Crippen LogP contribution in [0.15, 0.2) is 59.5 Å². The highest BCUT2D eigenvalue weighted by molar-refractivity contribution is 6.30. The second-order valence-electron chi connectivity index (χ2n) is 6.51. The van der Waals surface area contributed by atoms with Crippen LogP contribution in [0.2, 0.25) is 5.02 Å². The molecule has 3 rings (SSSR count). The summed E-state index contributed by atoms with van der Waals surface area (Å²) in [5.41, 5.74) is 2.35. The Balaban J connectivity index is 1.80. The standard InChI is InChI=1S/C22H19ClN4O4/c1-30-7-8-31-22(29)25-18-4-2-3-15(10-18)12-20-21(28)5-6-27(26-20)19-11-16(14-24)9-17(23)13-19/h2-6,9-11,13H,7-8,12H2,1H3,(H,25,29). The van der Waals surface area contributed by atoms with Gasteiger partial charge < -0.3 is 9.47 Å². The van der Waals surface area contributed by atoms with Gasteiger partial charge in [-0.05, 0) is 35.9 Å². The first-order valence-electron chi connectivity index (χ1n) is 9.30. The van der Waals surface area contributed by atoms with Crippen LogP contribution in [-0.2, 0) is 15.9 Å². The van der Waals surface area contributed by atoms with Crippen LogP contribution in [0, 0.1) is 11.3 Å². The van der Waals surface area contributed by atoms with E-state index in [2.05, 4.69) is 10.4 Å². The summed E-state index contributed by atoms with van der Waals surface area (Å²) in [6, 6.07) is 15.3. The highest BCUT2D eigenvalue weighted by Gasteiger charge is 2.09. The molecule has 0 spiro atoms. The molecule has 0 radical (unpaired) electrons. The average Bonchev–Trinajstić information content (AvgIpc) is 2.75. The molecule has 1 amide bonds. The Bertz CT molecular complexity index is 1190. The van der Waals surface area contributed by atoms with E-state index in [0.29, 0.717) is 34.3 Å². The van der Waals surface area contributed by atoms with Gasteiger partial charge in [0.1, 0.15) is 12.3 Å². The van der Waals surface area contributed by atoms with Crippen molar-refractivity contribution < 1.29 is 14.3 Å². The molecule has 0 aliphatic rings. The molecule has 0 unspecified atom stereocenters. The van der Waals surface area contributed by atoms with E-state index in [9.17, 15) is 9.59 Å². The molecular formula is C22H19ClN4O4. The van der Waals surface area contributed by atoms with Crippen LogP contribution in [0.25, 0.3) is 5.69 Å². The molecule has 1 aromatic heterocycles. The number of nitrogens with zero attached hydrogens (tertiary/aromatic N) is 3. The van der Waals surface area contributed by atoms with Crippen molar-refractivity contribution in [2.45, 2.75) is 6.42 Å². The molecule has 1 N–H and O–H groups in total. The summed E-state index contributed by atoms with van der Waals surface area (Å²) in [5.74, 6) is 0. The number of amides is 1. The lowest BCUT2D eigenvalue weighted by Gasteiger charge is -2.10. The van der Waals surface area contributed by atoms with Crippen molar-refractivity contribution in [1.82, 2.24) is 9.78 Å². The number of halogens is 1. The molecule has 3 aromatic rings. The van der Waals surface area contributed by atoms with Crippen LogP contribution in [0.4, 0.5) is 10.5 Å². The van der Waals surface area contributed by atoms with E-state index in [0.717, 1.165) is 5.56 Å². The van der Waals surface area contributed by atoms with Crippen LogP contribution in [0.1, 0.15) is 16.8 Å². The quantitative estimate of drug-likeness (QED) is 0.565. The van der Waals surface area contributed by atoms with Crippen LogP contribution >= 0.6 is 11.6 Å². The summed E-state index contributed by atoms with van der Waals surface area (Å²) >= 11 is 6.07. The van der Waals surface area contributed by atoms with E-state index in [1.165, 1.54) is 24.1 Å². The van der Waals surface area contributed by atoms with Crippen LogP contribution in [0.3, 0.4) is 0 Å². The van der Waals surface area contributed by atoms with Crippen molar-refractivity contribution in [1.29, 1.82) is 5.26 Å². The number of carbonyl (C=O) groups is 1. The van der Waals surface area contributed by atoms with Gasteiger partial charge in [0.15, 0.2) is 0 Å². The minimum absolute atomic E-state index is 0.145. The van der Waals surface area contributed by atoms with Gasteiger partial charge in [-0.1, -0.05) is 23.7 Å². The number of methoxy groups -OCH3 is 1. The first-order valence-corrected chi connectivity index (χ1v) is 9.68. The molecule has 9 heteroatoms. The maximum Gasteiger partial charge on any atom is 0.411 e. The molecule has 31 heavy (non-hydrogen) atoms. The van der Waals surface area contributed by atoms with Gasteiger partial charge in [-0.25, -0.2) is 9.48 Å². The number of nitrogens with one attached hydrogen (secondary N) is 1. The van der Waals surface area contributed by atoms with E-state index in [4.69, 9.17) is 26.3 Å². The number of hydrogen-bond donors (Lipinski definition) is 1. The van der Waals surface area contributed by atoms with E-state index in [1.54, 1.807) is 36.4 Å². The van der Waals surface area contributed by atoms with Gasteiger partial charge in [0.2, 0.25) is 5.43 Å². The number of carbonyl (C=O) groups excluding carboxylic acids is 1. The Kier molecular flexibility index (Phi) is 7.38. The zero-order chi connectivity index (χ0) is 22.2. The van der Waals surface area contributed by atoms with Crippen molar-refractivity contribution in [3.63, 3.8) is 0 Å². The van der Waals surface area contributed by atoms with Gasteiger partial charge in [-0.3, -0.25) is 10.1 Å². The predicted octanol–water partition coefficient (Wildman–Crippen LogP) is 3.54. The maximum absolute atomic E-state index is 12.4. The van der Waals surface area contributed by atoms with Gasteiger partial charge in [0.25, 0.3) is 0 Å². The van der Waals surface area contributed by atoms with Crippen molar-refractivity contribution in [2.24, 2.45) is 0 Å². The average molecular weight is 439 g/mol. The van der Waals surface area contributed by atoms with E-state index < -0.39 is 6.09 Å². The molecule has 1 heterocycles. The molecule has 0 aliphatic heterocycles. The van der Waals surface area contributed by atoms with Gasteiger partial charge in [0, 0.05) is 36.5 Å². The fourth-order valence-electron chi connectivity index (χ4n) is 2.81. The molecule has 158 valence electrons. The Hall–Kier alpha value is -3.67. The summed E-state index contributed by atoms with van der Waals surface area (Å²) in [7, 11) is 1.52. The fourth-order valence-corrected chi connectivity index (χ4v) is 3.04. The third-order valence-corrected chi connectivity index (χ3v) is 4.44. The Morgan fingerprint density at radius 1 is 1.23 bits per heavy atom. The number of aromatic nitrogens is 2. The minimum Gasteiger partial charge on any atom is -0.447 e. The molecule has 0 saturated carbocycles. The van der Waals surface area contributed by atoms with Crippen molar-refractivity contribution >= 4 is 23.4 Å². The molecule has 8 nitrogen and oxygen atoms in total. The van der Waals surface area contributed by atoms with Gasteiger partial charge in [0.05, 0.1) is 23.9 Å². The third-order valence-electron chi connectivity index (χ3n) is 4.22. The van der Waals surface area contributed by atoms with Crippen molar-refractivity contribution in [3.8, 4) is 11.8 Å². The lowest BCUT2D eigenvalue weighted by atomic mass is 10.1. The monoisotopic (exact) mass is 438 g/mol. The molecule has 0 fully saturated rings. The first-order chi connectivity index (χ1) is 15.0. The second-order valence-corrected chi connectivity index (χ2v) is 6.95. The summed E-state index contributed by atoms with van der Waals surface area (Å²) in [4.78, 5) is 24.2. The number of ether oxygens (including phenoxy) is 2. The van der Waals surface area contributed by atoms with Crippen LogP contribution in [0.5, 0.6) is 0 Å². The maximum atomic E-state index is 12.4. The highest BCUT2D eigenvalue weighted by Crippen LogP contribution is 2.18. The van der Waals surface area contributed by atoms with Crippen molar-refractivity contribution in [2.75, 3.05) is 25.6 Å². The predicted molar refractivity (Wildman–Crippen MR) is 116 cm³/mol. The van der Waals surface area contributed by atoms with Gasteiger partial charge in [-0.2, -0.15) is 10.4 Å². The highest BCUT2D eigenvalue weighted by atomic mass is 35.5. The molecule has 0 aliphatic carbocycles. The molecule has 0 saturated heterocycles. The van der Waals surface area contributed by atoms with Crippen LogP contribution in [-0.4, -0.2) is 36.2 Å². The van der Waals surface area contributed by atoms with Crippen LogP contribution < -0.4 is 10.7 Å². The number of rotatable bonds is 7. The number of nitriles is 1. The summed E-state index contributed by atoms with van der Waals surface area (Å²) < 4.78 is 11.3. The summed E-state index contributed by atoms with van der Waals surface area (Å²) in [6.07, 6.45) is 1.18. The molecule has 0 atom stereocenters. The van der Waals surface area contributed by atoms with E-state index >= 15 is 0 Å². The van der Waals surface area contributed by atoms with Crippen molar-refractivity contribution in [3.05, 3.63) is 86.8 Å². The lowest BCUT2D eigenvalue weighted by molar-refractivity contribution is 0.107. The van der Waals surface area contributed by atoms with Gasteiger partial charge >= 0.3 is 6.09 Å². The zero-order valence-corrected chi connectivity index (χ0v) is 17.4. The zero-order valence-electron chi connectivity index (χ0n) is 16.7. The Labute approximate surface area is 183 Å². The Morgan fingerprint density at radius 3 is 2.84 bits per heavy atom. The topological polar surface area (TPSA) is 106 Å². The molecular weight excluding hydrogens is 420 g/mol. The molecule has 2 aromatic carbocycles. The van der Waals surface area contributed by atoms with E-state index in [1.807, 2.05) is 12.1 Å². The second kappa shape index (κ2) is 10.4. The lowest BCUT2D eigenvalue weighted by Crippen LogP contribution is -2.17. The first kappa shape index (κ1) is 22.0. The van der Waals surface area contributed by atoms with E-state index in [-0.39, 0.29) is 18.5 Å². The summed E-state index contributed by atoms with van der Waals surface area (Å²) in [5, 5.41) is 16.6. The molecule has 0 bridgehead atoms. The number of anilines is 1. The minimum atomic E-state index is -0.594. The summed E-state index contributed by atoms with van der Waals surface area (Å²) in [6.45, 7) is 0.453. The number of benzene rings is 2. The normalized spacial score (nSPS) is 10.4. The van der Waals surface area contributed by atoms with Gasteiger partial charge in [-0.15, -0.1) is 0 Å².